The summed E-state index contributed by atoms with van der Waals surface area (Å²) >= 11 is 18.7. The number of nitrogens with one attached hydrogen (secondary N) is 2. The molecule has 1 saturated heterocycles. The molecular weight excluding hydrogens is 965 g/mol. The summed E-state index contributed by atoms with van der Waals surface area (Å²) in [4.78, 5) is 36.5. The average molecular weight is 1030 g/mol. The van der Waals surface area contributed by atoms with Crippen LogP contribution in [0.5, 0.6) is 0 Å². The Balaban J connectivity index is 0.000000248. The molecule has 360 valence electrons. The van der Waals surface area contributed by atoms with Crippen molar-refractivity contribution in [2.24, 2.45) is 31.3 Å². The molecule has 6 rings (SSSR count). The largest absolute Gasteiger partial charge is 0.351 e. The number of carbonyl (C=O) groups excluding carboxylic acids is 2. The second kappa shape index (κ2) is 19.7. The molecule has 22 heteroatoms. The SMILES string of the molecule is C[C@@H]1CCC(C)(C)C1.Cc1nn(C)cc1S(=O)(=O)NC(=O)c1cc([Si](C)(C)C)c(Cl)nc1Cl.Cc1nn(C)cc1S(=O)(=O)NC(=O)c1cc([Si](C)(C)C)c(Cl)nc1N1C[C@@H](C)CC1(C)C. The monoisotopic (exact) mass is 1030 g/mol. The van der Waals surface area contributed by atoms with Crippen molar-refractivity contribution in [3.8, 4) is 0 Å². The minimum absolute atomic E-state index is 0.0302. The summed E-state index contributed by atoms with van der Waals surface area (Å²) < 4.78 is 57.8. The van der Waals surface area contributed by atoms with Gasteiger partial charge in [0.25, 0.3) is 31.9 Å². The Morgan fingerprint density at radius 3 is 1.46 bits per heavy atom. The van der Waals surface area contributed by atoms with E-state index >= 15 is 0 Å². The fourth-order valence-corrected chi connectivity index (χ4v) is 15.5. The highest BCUT2D eigenvalue weighted by Crippen LogP contribution is 2.40. The molecule has 2 atom stereocenters. The average Bonchev–Trinajstić information content (AvgIpc) is 3.84. The van der Waals surface area contributed by atoms with Crippen molar-refractivity contribution in [1.29, 1.82) is 0 Å². The summed E-state index contributed by atoms with van der Waals surface area (Å²) in [5.74, 6) is 0.228. The van der Waals surface area contributed by atoms with Gasteiger partial charge in [-0.25, -0.2) is 36.2 Å². The molecule has 2 amide bonds. The van der Waals surface area contributed by atoms with E-state index in [1.807, 2.05) is 24.4 Å². The molecule has 4 aromatic heterocycles. The Morgan fingerprint density at radius 2 is 1.12 bits per heavy atom. The van der Waals surface area contributed by atoms with E-state index in [-0.39, 0.29) is 42.5 Å². The minimum atomic E-state index is -4.11. The third-order valence-electron chi connectivity index (χ3n) is 11.5. The smallest absolute Gasteiger partial charge is 0.268 e. The molecule has 4 aromatic rings. The molecule has 1 aliphatic carbocycles. The third-order valence-corrected chi connectivity index (χ3v) is 19.5. The van der Waals surface area contributed by atoms with Crippen LogP contribution in [-0.2, 0) is 34.1 Å². The number of amides is 2. The Kier molecular flexibility index (Phi) is 16.5. The zero-order valence-electron chi connectivity index (χ0n) is 40.5. The van der Waals surface area contributed by atoms with Crippen molar-refractivity contribution in [2.45, 2.75) is 136 Å². The lowest BCUT2D eigenvalue weighted by Gasteiger charge is -2.34. The van der Waals surface area contributed by atoms with Gasteiger partial charge in [-0.2, -0.15) is 10.2 Å². The van der Waals surface area contributed by atoms with E-state index in [2.05, 4.69) is 91.0 Å². The van der Waals surface area contributed by atoms with E-state index < -0.39 is 48.0 Å². The van der Waals surface area contributed by atoms with E-state index in [0.29, 0.717) is 34.5 Å². The second-order valence-corrected chi connectivity index (χ2v) is 35.4. The Labute approximate surface area is 402 Å². The van der Waals surface area contributed by atoms with Crippen LogP contribution >= 0.6 is 34.8 Å². The molecule has 2 fully saturated rings. The predicted molar refractivity (Wildman–Crippen MR) is 267 cm³/mol. The maximum Gasteiger partial charge on any atom is 0.268 e. The number of carbonyl (C=O) groups is 2. The van der Waals surface area contributed by atoms with Crippen LogP contribution in [-0.4, -0.2) is 86.4 Å². The number of halogens is 3. The first-order valence-corrected chi connectivity index (χ1v) is 32.6. The predicted octanol–water partition coefficient (Wildman–Crippen LogP) is 7.99. The maximum atomic E-state index is 13.4. The first kappa shape index (κ1) is 54.3. The molecule has 5 heterocycles. The highest BCUT2D eigenvalue weighted by Gasteiger charge is 2.40. The van der Waals surface area contributed by atoms with Crippen LogP contribution < -0.4 is 24.7 Å². The topological polar surface area (TPSA) is 191 Å². The van der Waals surface area contributed by atoms with Gasteiger partial charge in [-0.05, 0) is 86.7 Å². The second-order valence-electron chi connectivity index (χ2n) is 21.0. The number of pyridine rings is 2. The normalized spacial score (nSPS) is 18.4. The van der Waals surface area contributed by atoms with Crippen LogP contribution in [0.15, 0.2) is 34.3 Å². The Morgan fingerprint density at radius 1 is 0.692 bits per heavy atom. The summed E-state index contributed by atoms with van der Waals surface area (Å²) in [6.07, 6.45) is 7.95. The molecule has 0 radical (unpaired) electrons. The van der Waals surface area contributed by atoms with E-state index in [1.54, 1.807) is 34.0 Å². The maximum absolute atomic E-state index is 13.4. The number of nitrogens with zero attached hydrogens (tertiary/aromatic N) is 7. The van der Waals surface area contributed by atoms with Gasteiger partial charge in [0.2, 0.25) is 0 Å². The van der Waals surface area contributed by atoms with Gasteiger partial charge in [0.15, 0.2) is 0 Å². The molecule has 1 saturated carbocycles. The summed E-state index contributed by atoms with van der Waals surface area (Å²) in [6.45, 7) is 29.7. The quantitative estimate of drug-likeness (QED) is 0.122. The zero-order chi connectivity index (χ0) is 49.6. The highest BCUT2D eigenvalue weighted by atomic mass is 35.5. The van der Waals surface area contributed by atoms with E-state index in [1.165, 1.54) is 47.1 Å². The molecule has 0 bridgehead atoms. The lowest BCUT2D eigenvalue weighted by atomic mass is 9.91. The van der Waals surface area contributed by atoms with Crippen LogP contribution in [0.3, 0.4) is 0 Å². The van der Waals surface area contributed by atoms with Gasteiger partial charge in [0.1, 0.15) is 31.1 Å². The van der Waals surface area contributed by atoms with Gasteiger partial charge in [0, 0.05) is 38.6 Å². The lowest BCUT2D eigenvalue weighted by molar-refractivity contribution is 0.0972. The van der Waals surface area contributed by atoms with Crippen LogP contribution in [0.25, 0.3) is 0 Å². The van der Waals surface area contributed by atoms with Crippen molar-refractivity contribution in [3.05, 3.63) is 62.5 Å². The number of aromatic nitrogens is 6. The number of rotatable bonds is 9. The first-order valence-electron chi connectivity index (χ1n) is 21.5. The Hall–Kier alpha value is -3.34. The summed E-state index contributed by atoms with van der Waals surface area (Å²) in [5, 5.41) is 10.0. The first-order chi connectivity index (χ1) is 29.5. The number of sulfonamides is 2. The van der Waals surface area contributed by atoms with Crippen LogP contribution in [0, 0.1) is 31.1 Å². The van der Waals surface area contributed by atoms with Crippen LogP contribution in [0.2, 0.25) is 54.7 Å². The molecule has 2 N–H and O–H groups in total. The molecule has 0 spiro atoms. The number of aryl methyl sites for hydroxylation is 4. The van der Waals surface area contributed by atoms with Crippen LogP contribution in [0.4, 0.5) is 5.82 Å². The van der Waals surface area contributed by atoms with E-state index in [4.69, 9.17) is 34.8 Å². The molecule has 65 heavy (non-hydrogen) atoms. The number of anilines is 1. The van der Waals surface area contributed by atoms with Gasteiger partial charge >= 0.3 is 0 Å². The fraction of sp³-hybridized carbons (Fsp3) is 0.581. The highest BCUT2D eigenvalue weighted by molar-refractivity contribution is 7.90. The van der Waals surface area contributed by atoms with E-state index in [0.717, 1.165) is 22.7 Å². The van der Waals surface area contributed by atoms with Crippen molar-refractivity contribution in [2.75, 3.05) is 11.4 Å². The zero-order valence-corrected chi connectivity index (χ0v) is 46.4. The van der Waals surface area contributed by atoms with Gasteiger partial charge in [0.05, 0.1) is 38.7 Å². The van der Waals surface area contributed by atoms with Crippen molar-refractivity contribution in [3.63, 3.8) is 0 Å². The van der Waals surface area contributed by atoms with Gasteiger partial charge in [-0.15, -0.1) is 0 Å². The molecule has 2 aliphatic rings. The molecule has 1 aliphatic heterocycles. The third kappa shape index (κ3) is 13.4. The van der Waals surface area contributed by atoms with Crippen molar-refractivity contribution >= 4 is 99.0 Å². The van der Waals surface area contributed by atoms with Gasteiger partial charge in [-0.3, -0.25) is 19.0 Å². The van der Waals surface area contributed by atoms with Gasteiger partial charge in [-0.1, -0.05) is 108 Å². The molecule has 0 unspecified atom stereocenters. The summed E-state index contributed by atoms with van der Waals surface area (Å²) in [5.41, 5.74) is 1.21. The van der Waals surface area contributed by atoms with Crippen molar-refractivity contribution < 1.29 is 26.4 Å². The summed E-state index contributed by atoms with van der Waals surface area (Å²) in [7, 11) is -8.82. The molecular formula is C43H66Cl3N9O6S2Si2. The van der Waals surface area contributed by atoms with Crippen molar-refractivity contribution in [1.82, 2.24) is 39.0 Å². The Bertz CT molecular complexity index is 2680. The number of hydrogen-bond acceptors (Lipinski definition) is 11. The standard InChI is InChI=1S/C21H32ClN5O3SSi.C14H18Cl2N4O3SSi.C8H16/c1-13-10-21(3,4)27(11-13)19-15(9-17(18(22)23-19)32(6,7)8)20(28)25-31(29,30)16-12-26(5)24-14(16)2;1-8-10(7-20(2)18-8)24(22,23)19-14(21)9-6-11(25(3,4)5)13(16)17-12(9)15;1-7-4-5-8(2,3)6-7/h9,12-13H,10-11H2,1-8H3,(H,25,28);6-7H,1-5H3,(H,19,21);7H,4-6H2,1-3H3/t13-;;7-/m0.1/s1. The molecule has 15 nitrogen and oxygen atoms in total. The van der Waals surface area contributed by atoms with Crippen LogP contribution in [0.1, 0.15) is 99.3 Å². The minimum Gasteiger partial charge on any atom is -0.351 e. The number of hydrogen-bond donors (Lipinski definition) is 2. The van der Waals surface area contributed by atoms with E-state index in [9.17, 15) is 26.4 Å². The lowest BCUT2D eigenvalue weighted by Crippen LogP contribution is -2.44. The fourth-order valence-electron chi connectivity index (χ4n) is 8.43. The van der Waals surface area contributed by atoms with Gasteiger partial charge < -0.3 is 4.90 Å². The molecule has 0 aromatic carbocycles. The summed E-state index contributed by atoms with van der Waals surface area (Å²) in [6, 6.07) is 3.25.